The number of anilines is 1. The van der Waals surface area contributed by atoms with Gasteiger partial charge in [0.2, 0.25) is 0 Å². The highest BCUT2D eigenvalue weighted by atomic mass is 16.2. The molecule has 1 aromatic carbocycles. The van der Waals surface area contributed by atoms with Gasteiger partial charge < -0.3 is 9.80 Å². The summed E-state index contributed by atoms with van der Waals surface area (Å²) in [4.78, 5) is 21.6. The van der Waals surface area contributed by atoms with Crippen LogP contribution in [0, 0.1) is 0 Å². The molecule has 0 N–H and O–H groups in total. The molecule has 3 aromatic rings. The Morgan fingerprint density at radius 3 is 2.68 bits per heavy atom. The number of para-hydroxylation sites is 1. The minimum absolute atomic E-state index is 0.0466. The van der Waals surface area contributed by atoms with Crippen molar-refractivity contribution in [2.45, 2.75) is 6.42 Å². The van der Waals surface area contributed by atoms with Gasteiger partial charge in [-0.2, -0.15) is 5.10 Å². The number of aromatic nitrogens is 3. The molecule has 0 radical (unpaired) electrons. The molecule has 6 nitrogen and oxygen atoms in total. The van der Waals surface area contributed by atoms with Crippen molar-refractivity contribution in [3.05, 3.63) is 60.4 Å². The van der Waals surface area contributed by atoms with Crippen LogP contribution < -0.4 is 4.90 Å². The van der Waals surface area contributed by atoms with Crippen molar-refractivity contribution in [1.82, 2.24) is 20.1 Å². The quantitative estimate of drug-likeness (QED) is 0.720. The Morgan fingerprint density at radius 1 is 0.920 bits per heavy atom. The SMILES string of the molecule is O=C(c1cccc2cccnc12)N1CCCN(c2cccnn2)CC1. The van der Waals surface area contributed by atoms with Crippen LogP contribution in [0.5, 0.6) is 0 Å². The Balaban J connectivity index is 1.55. The van der Waals surface area contributed by atoms with Gasteiger partial charge in [0, 0.05) is 44.0 Å². The number of rotatable bonds is 2. The molecule has 0 bridgehead atoms. The number of carbonyl (C=O) groups is 1. The molecule has 0 saturated carbocycles. The van der Waals surface area contributed by atoms with Crippen molar-refractivity contribution in [2.75, 3.05) is 31.1 Å². The van der Waals surface area contributed by atoms with Crippen LogP contribution in [0.2, 0.25) is 0 Å². The monoisotopic (exact) mass is 333 g/mol. The Bertz CT molecular complexity index is 878. The first-order valence-corrected chi connectivity index (χ1v) is 8.48. The van der Waals surface area contributed by atoms with Crippen molar-refractivity contribution in [3.63, 3.8) is 0 Å². The zero-order chi connectivity index (χ0) is 17.1. The van der Waals surface area contributed by atoms with E-state index in [1.165, 1.54) is 0 Å². The number of nitrogens with zero attached hydrogens (tertiary/aromatic N) is 5. The Labute approximate surface area is 146 Å². The zero-order valence-corrected chi connectivity index (χ0v) is 13.9. The van der Waals surface area contributed by atoms with Gasteiger partial charge in [-0.25, -0.2) is 0 Å². The molecule has 2 aromatic heterocycles. The van der Waals surface area contributed by atoms with Crippen molar-refractivity contribution >= 4 is 22.6 Å². The van der Waals surface area contributed by atoms with Crippen LogP contribution in [0.3, 0.4) is 0 Å². The molecule has 1 amide bonds. The second-order valence-corrected chi connectivity index (χ2v) is 6.10. The minimum Gasteiger partial charge on any atom is -0.353 e. The lowest BCUT2D eigenvalue weighted by molar-refractivity contribution is 0.0769. The van der Waals surface area contributed by atoms with Gasteiger partial charge in [-0.15, -0.1) is 5.10 Å². The number of pyridine rings is 1. The fraction of sp³-hybridized carbons (Fsp3) is 0.263. The summed E-state index contributed by atoms with van der Waals surface area (Å²) in [6.07, 6.45) is 4.31. The molecule has 1 fully saturated rings. The largest absolute Gasteiger partial charge is 0.353 e. The van der Waals surface area contributed by atoms with Gasteiger partial charge in [-0.3, -0.25) is 9.78 Å². The lowest BCUT2D eigenvalue weighted by Gasteiger charge is -2.22. The summed E-state index contributed by atoms with van der Waals surface area (Å²) in [7, 11) is 0. The molecule has 4 rings (SSSR count). The second kappa shape index (κ2) is 6.84. The van der Waals surface area contributed by atoms with Crippen molar-refractivity contribution < 1.29 is 4.79 Å². The van der Waals surface area contributed by atoms with Gasteiger partial charge in [0.05, 0.1) is 11.1 Å². The second-order valence-electron chi connectivity index (χ2n) is 6.10. The van der Waals surface area contributed by atoms with Crippen LogP contribution in [-0.2, 0) is 0 Å². The highest BCUT2D eigenvalue weighted by Crippen LogP contribution is 2.19. The number of hydrogen-bond donors (Lipinski definition) is 0. The van der Waals surface area contributed by atoms with Crippen LogP contribution in [-0.4, -0.2) is 52.2 Å². The van der Waals surface area contributed by atoms with E-state index in [-0.39, 0.29) is 5.91 Å². The third-order valence-electron chi connectivity index (χ3n) is 4.53. The molecular formula is C19H19N5O. The molecule has 1 aliphatic heterocycles. The number of hydrogen-bond acceptors (Lipinski definition) is 5. The fourth-order valence-corrected chi connectivity index (χ4v) is 3.26. The maximum Gasteiger partial charge on any atom is 0.256 e. The molecule has 0 unspecified atom stereocenters. The van der Waals surface area contributed by atoms with Crippen molar-refractivity contribution in [1.29, 1.82) is 0 Å². The van der Waals surface area contributed by atoms with Gasteiger partial charge in [-0.05, 0) is 30.7 Å². The smallest absolute Gasteiger partial charge is 0.256 e. The maximum absolute atomic E-state index is 13.0. The topological polar surface area (TPSA) is 62.2 Å². The molecule has 0 atom stereocenters. The number of amides is 1. The van der Waals surface area contributed by atoms with E-state index >= 15 is 0 Å². The number of fused-ring (bicyclic) bond motifs is 1. The van der Waals surface area contributed by atoms with E-state index in [1.54, 1.807) is 12.4 Å². The highest BCUT2D eigenvalue weighted by Gasteiger charge is 2.22. The van der Waals surface area contributed by atoms with E-state index in [0.717, 1.165) is 42.8 Å². The van der Waals surface area contributed by atoms with Crippen LogP contribution in [0.15, 0.2) is 54.9 Å². The number of carbonyl (C=O) groups excluding carboxylic acids is 1. The first-order chi connectivity index (χ1) is 12.3. The van der Waals surface area contributed by atoms with Gasteiger partial charge in [0.15, 0.2) is 5.82 Å². The summed E-state index contributed by atoms with van der Waals surface area (Å²) in [5.41, 5.74) is 1.44. The van der Waals surface area contributed by atoms with E-state index in [1.807, 2.05) is 47.4 Å². The molecule has 0 aliphatic carbocycles. The third-order valence-corrected chi connectivity index (χ3v) is 4.53. The van der Waals surface area contributed by atoms with Gasteiger partial charge in [0.1, 0.15) is 0 Å². The molecule has 6 heteroatoms. The molecule has 0 spiro atoms. The zero-order valence-electron chi connectivity index (χ0n) is 13.9. The summed E-state index contributed by atoms with van der Waals surface area (Å²) >= 11 is 0. The van der Waals surface area contributed by atoms with Crippen molar-refractivity contribution in [3.8, 4) is 0 Å². The molecule has 1 saturated heterocycles. The van der Waals surface area contributed by atoms with Crippen LogP contribution in [0.4, 0.5) is 5.82 Å². The van der Waals surface area contributed by atoms with E-state index in [4.69, 9.17) is 0 Å². The minimum atomic E-state index is 0.0466. The van der Waals surface area contributed by atoms with Crippen molar-refractivity contribution in [2.24, 2.45) is 0 Å². The summed E-state index contributed by atoms with van der Waals surface area (Å²) in [6.45, 7) is 3.02. The summed E-state index contributed by atoms with van der Waals surface area (Å²) < 4.78 is 0. The lowest BCUT2D eigenvalue weighted by atomic mass is 10.1. The van der Waals surface area contributed by atoms with E-state index in [9.17, 15) is 4.79 Å². The van der Waals surface area contributed by atoms with Gasteiger partial charge >= 0.3 is 0 Å². The lowest BCUT2D eigenvalue weighted by Crippen LogP contribution is -2.35. The predicted octanol–water partition coefficient (Wildman–Crippen LogP) is 2.38. The molecule has 3 heterocycles. The normalized spacial score (nSPS) is 15.2. The average molecular weight is 333 g/mol. The van der Waals surface area contributed by atoms with Gasteiger partial charge in [0.25, 0.3) is 5.91 Å². The fourth-order valence-electron chi connectivity index (χ4n) is 3.26. The Morgan fingerprint density at radius 2 is 1.80 bits per heavy atom. The summed E-state index contributed by atoms with van der Waals surface area (Å²) in [6, 6.07) is 13.5. The van der Waals surface area contributed by atoms with E-state index in [2.05, 4.69) is 20.1 Å². The average Bonchev–Trinajstić information content (AvgIpc) is 2.94. The third kappa shape index (κ3) is 3.15. The predicted molar refractivity (Wildman–Crippen MR) is 96.5 cm³/mol. The Kier molecular flexibility index (Phi) is 4.24. The molecule has 1 aliphatic rings. The van der Waals surface area contributed by atoms with Gasteiger partial charge in [-0.1, -0.05) is 18.2 Å². The van der Waals surface area contributed by atoms with Crippen LogP contribution in [0.25, 0.3) is 10.9 Å². The standard InChI is InChI=1S/C19H19N5O/c25-19(16-7-1-5-15-6-2-9-20-18(15)16)24-12-4-11-23(13-14-24)17-8-3-10-21-22-17/h1-3,5-10H,4,11-14H2. The maximum atomic E-state index is 13.0. The molecule has 25 heavy (non-hydrogen) atoms. The first-order valence-electron chi connectivity index (χ1n) is 8.48. The Hall–Kier alpha value is -3.02. The summed E-state index contributed by atoms with van der Waals surface area (Å²) in [5, 5.41) is 9.11. The highest BCUT2D eigenvalue weighted by molar-refractivity contribution is 6.05. The molecular weight excluding hydrogens is 314 g/mol. The molecule has 126 valence electrons. The first kappa shape index (κ1) is 15.5. The van der Waals surface area contributed by atoms with Crippen LogP contribution >= 0.6 is 0 Å². The number of benzene rings is 1. The van der Waals surface area contributed by atoms with Crippen LogP contribution in [0.1, 0.15) is 16.8 Å². The van der Waals surface area contributed by atoms with E-state index < -0.39 is 0 Å². The summed E-state index contributed by atoms with van der Waals surface area (Å²) in [5.74, 6) is 0.911. The van der Waals surface area contributed by atoms with E-state index in [0.29, 0.717) is 12.1 Å².